The average molecular weight is 1170 g/mol. The minimum absolute atomic E-state index is 0.618. The molecule has 0 aliphatic carbocycles. The molecule has 0 aliphatic heterocycles. The van der Waals surface area contributed by atoms with Crippen molar-refractivity contribution in [3.8, 4) is 67.9 Å². The van der Waals surface area contributed by atoms with E-state index in [9.17, 15) is 0 Å². The van der Waals surface area contributed by atoms with Gasteiger partial charge in [-0.25, -0.2) is 9.97 Å². The Morgan fingerprint density at radius 3 is 0.857 bits per heavy atom. The Morgan fingerprint density at radius 2 is 0.516 bits per heavy atom. The van der Waals surface area contributed by atoms with Crippen LogP contribution in [0, 0.1) is 62.3 Å². The first-order valence-electron chi connectivity index (χ1n) is 31.6. The van der Waals surface area contributed by atoms with E-state index in [2.05, 4.69) is 311 Å². The van der Waals surface area contributed by atoms with E-state index in [-0.39, 0.29) is 0 Å². The van der Waals surface area contributed by atoms with Gasteiger partial charge in [0.25, 0.3) is 0 Å². The minimum Gasteiger partial charge on any atom is -0.308 e. The SMILES string of the molecule is Cc1ccc2c(c1)c1cc(C)ccc1n2-c1c(-c2cccc(C)n2)c(-n2c3ccc(C)cc3c3cc(C)ccc32)c(-n2c3ccc(C)cc3c3cc(C)ccc32)c(-n2c3ccc(C)cc3c3cc(C)ccc32)c1-c1cc(-c2ccccc2)nc(-c2ccccc2)n1. The summed E-state index contributed by atoms with van der Waals surface area (Å²) in [7, 11) is 0. The summed E-state index contributed by atoms with van der Waals surface area (Å²) >= 11 is 0. The van der Waals surface area contributed by atoms with Crippen LogP contribution in [0.5, 0.6) is 0 Å². The number of rotatable bonds is 8. The van der Waals surface area contributed by atoms with Gasteiger partial charge in [0, 0.05) is 59.9 Å². The number of aromatic nitrogens is 7. The molecule has 0 saturated carbocycles. The molecule has 6 heterocycles. The number of pyridine rings is 1. The number of benzene rings is 11. The predicted molar refractivity (Wildman–Crippen MR) is 382 cm³/mol. The zero-order valence-corrected chi connectivity index (χ0v) is 52.6. The van der Waals surface area contributed by atoms with E-state index >= 15 is 0 Å². The molecule has 6 aromatic heterocycles. The normalized spacial score (nSPS) is 12.0. The van der Waals surface area contributed by atoms with Crippen molar-refractivity contribution in [1.82, 2.24) is 33.2 Å². The fourth-order valence-corrected chi connectivity index (χ4v) is 14.8. The summed E-state index contributed by atoms with van der Waals surface area (Å²) in [5, 5.41) is 9.36. The van der Waals surface area contributed by atoms with E-state index in [1.54, 1.807) is 0 Å². The Balaban J connectivity index is 1.27. The summed E-state index contributed by atoms with van der Waals surface area (Å²) in [4.78, 5) is 17.5. The van der Waals surface area contributed by atoms with Crippen molar-refractivity contribution >= 4 is 87.2 Å². The maximum atomic E-state index is 6.08. The van der Waals surface area contributed by atoms with Crippen molar-refractivity contribution in [2.75, 3.05) is 0 Å². The highest BCUT2D eigenvalue weighted by atomic mass is 15.1. The Labute approximate surface area is 528 Å². The van der Waals surface area contributed by atoms with Crippen molar-refractivity contribution in [2.24, 2.45) is 0 Å². The fourth-order valence-electron chi connectivity index (χ4n) is 14.8. The third-order valence-electron chi connectivity index (χ3n) is 18.8. The third kappa shape index (κ3) is 8.44. The molecule has 0 atom stereocenters. The maximum Gasteiger partial charge on any atom is 0.160 e. The monoisotopic (exact) mass is 1170 g/mol. The molecule has 11 aromatic carbocycles. The quantitative estimate of drug-likeness (QED) is 0.152. The van der Waals surface area contributed by atoms with Gasteiger partial charge in [0.1, 0.15) is 0 Å². The summed E-state index contributed by atoms with van der Waals surface area (Å²) in [6.45, 7) is 19.8. The van der Waals surface area contributed by atoms with Crippen LogP contribution in [0.25, 0.3) is 155 Å². The second kappa shape index (κ2) is 20.5. The molecule has 0 radical (unpaired) electrons. The molecule has 7 nitrogen and oxygen atoms in total. The topological polar surface area (TPSA) is 58.4 Å². The second-order valence-electron chi connectivity index (χ2n) is 25.5. The number of hydrogen-bond acceptors (Lipinski definition) is 3. The fraction of sp³-hybridized carbons (Fsp3) is 0.107. The van der Waals surface area contributed by atoms with Crippen molar-refractivity contribution in [1.29, 1.82) is 0 Å². The first kappa shape index (κ1) is 54.0. The van der Waals surface area contributed by atoms with Crippen LogP contribution >= 0.6 is 0 Å². The van der Waals surface area contributed by atoms with Crippen LogP contribution in [0.4, 0.5) is 0 Å². The van der Waals surface area contributed by atoms with Crippen LogP contribution in [0.3, 0.4) is 0 Å². The van der Waals surface area contributed by atoms with E-state index < -0.39 is 0 Å². The number of fused-ring (bicyclic) bond motifs is 12. The molecule has 0 N–H and O–H groups in total. The molecular weight excluding hydrogens is 1110 g/mol. The summed E-state index contributed by atoms with van der Waals surface area (Å²) in [6.07, 6.45) is 0. The van der Waals surface area contributed by atoms with E-state index in [1.165, 1.54) is 76.8 Å². The first-order chi connectivity index (χ1) is 44.3. The number of nitrogens with zero attached hydrogens (tertiary/aromatic N) is 7. The number of hydrogen-bond donors (Lipinski definition) is 0. The average Bonchev–Trinajstić information content (AvgIpc) is 1.61. The van der Waals surface area contributed by atoms with Gasteiger partial charge in [-0.3, -0.25) is 4.98 Å². The zero-order chi connectivity index (χ0) is 61.7. The van der Waals surface area contributed by atoms with Gasteiger partial charge < -0.3 is 18.3 Å². The van der Waals surface area contributed by atoms with Gasteiger partial charge in [0.05, 0.1) is 95.1 Å². The Bertz CT molecular complexity index is 5630. The lowest BCUT2D eigenvalue weighted by molar-refractivity contribution is 1.03. The largest absolute Gasteiger partial charge is 0.308 e. The van der Waals surface area contributed by atoms with Crippen molar-refractivity contribution in [3.05, 3.63) is 281 Å². The highest BCUT2D eigenvalue weighted by Crippen LogP contribution is 2.55. The summed E-state index contributed by atoms with van der Waals surface area (Å²) in [5.41, 5.74) is 29.0. The standard InChI is InChI=1S/C84H65N7/c1-48-23-31-70-59(39-48)60-40-49(2)24-32-71(60)88(70)80-78(67-22-16-17-56(9)85-67)81(89-72-33-25-50(3)41-61(72)62-42-51(4)26-34-73(62)89)83(91-76-37-29-54(7)45-65(76)66-46-55(8)30-38-77(66)91)82(90-74-35-27-52(5)43-63(74)64-44-53(6)28-36-75(64)90)79(80)69-47-68(57-18-12-10-13-19-57)86-84(87-69)58-20-14-11-15-21-58/h10-47H,1-9H3. The molecule has 17 aromatic rings. The van der Waals surface area contributed by atoms with Crippen molar-refractivity contribution in [3.63, 3.8) is 0 Å². The summed E-state index contributed by atoms with van der Waals surface area (Å²) in [5.74, 6) is 0.618. The van der Waals surface area contributed by atoms with Gasteiger partial charge in [0.15, 0.2) is 5.82 Å². The molecule has 0 saturated heterocycles. The lowest BCUT2D eigenvalue weighted by Crippen LogP contribution is -2.17. The lowest BCUT2D eigenvalue weighted by Gasteiger charge is -2.31. The van der Waals surface area contributed by atoms with E-state index in [1.807, 2.05) is 0 Å². The zero-order valence-electron chi connectivity index (χ0n) is 52.6. The van der Waals surface area contributed by atoms with Crippen molar-refractivity contribution < 1.29 is 0 Å². The van der Waals surface area contributed by atoms with E-state index in [0.717, 1.165) is 123 Å². The maximum absolute atomic E-state index is 6.08. The summed E-state index contributed by atoms with van der Waals surface area (Å²) < 4.78 is 10.4. The minimum atomic E-state index is 0.618. The van der Waals surface area contributed by atoms with E-state index in [0.29, 0.717) is 5.82 Å². The molecule has 0 unspecified atom stereocenters. The molecule has 0 fully saturated rings. The molecule has 17 rings (SSSR count). The molecule has 7 heteroatoms. The van der Waals surface area contributed by atoms with Crippen LogP contribution < -0.4 is 0 Å². The highest BCUT2D eigenvalue weighted by Gasteiger charge is 2.37. The Kier molecular flexibility index (Phi) is 12.1. The van der Waals surface area contributed by atoms with Gasteiger partial charge in [-0.2, -0.15) is 0 Å². The lowest BCUT2D eigenvalue weighted by atomic mass is 9.92. The Hall–Kier alpha value is -11.2. The van der Waals surface area contributed by atoms with Crippen LogP contribution in [-0.4, -0.2) is 33.2 Å². The van der Waals surface area contributed by atoms with Crippen LogP contribution in [0.1, 0.15) is 50.2 Å². The molecular formula is C84H65N7. The molecule has 91 heavy (non-hydrogen) atoms. The summed E-state index contributed by atoms with van der Waals surface area (Å²) in [6, 6.07) is 86.0. The van der Waals surface area contributed by atoms with Crippen LogP contribution in [0.15, 0.2) is 231 Å². The Morgan fingerprint density at radius 1 is 0.220 bits per heavy atom. The molecule has 0 spiro atoms. The first-order valence-corrected chi connectivity index (χ1v) is 31.6. The van der Waals surface area contributed by atoms with Gasteiger partial charge in [-0.05, 0) is 178 Å². The van der Waals surface area contributed by atoms with Gasteiger partial charge in [0.2, 0.25) is 0 Å². The highest BCUT2D eigenvalue weighted by molar-refractivity contribution is 6.19. The van der Waals surface area contributed by atoms with Crippen molar-refractivity contribution in [2.45, 2.75) is 62.3 Å². The molecule has 0 aliphatic rings. The smallest absolute Gasteiger partial charge is 0.160 e. The van der Waals surface area contributed by atoms with Crippen LogP contribution in [0.2, 0.25) is 0 Å². The molecule has 436 valence electrons. The van der Waals surface area contributed by atoms with Gasteiger partial charge in [-0.1, -0.05) is 160 Å². The van der Waals surface area contributed by atoms with Crippen LogP contribution in [-0.2, 0) is 0 Å². The van der Waals surface area contributed by atoms with Gasteiger partial charge in [-0.15, -0.1) is 0 Å². The second-order valence-corrected chi connectivity index (χ2v) is 25.5. The molecule has 0 amide bonds. The molecule has 0 bridgehead atoms. The van der Waals surface area contributed by atoms with Gasteiger partial charge >= 0.3 is 0 Å². The van der Waals surface area contributed by atoms with E-state index in [4.69, 9.17) is 15.0 Å². The number of aryl methyl sites for hydroxylation is 9. The third-order valence-corrected chi connectivity index (χ3v) is 18.8. The predicted octanol–water partition coefficient (Wildman–Crippen LogP) is 21.7.